The van der Waals surface area contributed by atoms with Crippen molar-refractivity contribution < 1.29 is 13.8 Å². The van der Waals surface area contributed by atoms with Gasteiger partial charge < -0.3 is 9.26 Å². The molecule has 0 aromatic rings. The van der Waals surface area contributed by atoms with Crippen molar-refractivity contribution in [3.63, 3.8) is 0 Å². The molecule has 1 saturated carbocycles. The van der Waals surface area contributed by atoms with Gasteiger partial charge in [-0.25, -0.2) is 0 Å². The smallest absolute Gasteiger partial charge is 0.200 e. The van der Waals surface area contributed by atoms with Gasteiger partial charge in [0.25, 0.3) is 0 Å². The third-order valence-electron chi connectivity index (χ3n) is 3.46. The minimum absolute atomic E-state index is 0.534. The molecule has 0 bridgehead atoms. The van der Waals surface area contributed by atoms with E-state index in [1.165, 1.54) is 19.3 Å². The summed E-state index contributed by atoms with van der Waals surface area (Å²) in [4.78, 5) is 0. The second-order valence-corrected chi connectivity index (χ2v) is 7.57. The lowest BCUT2D eigenvalue weighted by Crippen LogP contribution is -2.14. The first-order valence-corrected chi connectivity index (χ1v) is 8.23. The fraction of sp³-hybridized carbons (Fsp3) is 1.00. The molecule has 4 unspecified atom stereocenters. The Kier molecular flexibility index (Phi) is 3.54. The molecule has 88 valence electrons. The van der Waals surface area contributed by atoms with Crippen LogP contribution in [-0.4, -0.2) is 31.6 Å². The molecular weight excluding hydrogens is 211 g/mol. The van der Waals surface area contributed by atoms with Crippen LogP contribution < -0.4 is 0 Å². The van der Waals surface area contributed by atoms with Crippen molar-refractivity contribution in [3.8, 4) is 0 Å². The van der Waals surface area contributed by atoms with E-state index >= 15 is 0 Å². The Hall–Kier alpha value is 0.150. The highest BCUT2D eigenvalue weighted by molar-refractivity contribution is 7.58. The van der Waals surface area contributed by atoms with E-state index in [0.717, 1.165) is 12.6 Å². The summed E-state index contributed by atoms with van der Waals surface area (Å²) < 4.78 is 22.7. The molecule has 0 radical (unpaired) electrons. The van der Waals surface area contributed by atoms with Crippen molar-refractivity contribution in [1.29, 1.82) is 0 Å². The van der Waals surface area contributed by atoms with Gasteiger partial charge in [-0.1, -0.05) is 0 Å². The molecule has 2 rings (SSSR count). The van der Waals surface area contributed by atoms with Gasteiger partial charge in [-0.05, 0) is 38.5 Å². The monoisotopic (exact) mass is 232 g/mol. The summed E-state index contributed by atoms with van der Waals surface area (Å²) in [5, 5.41) is 0. The maximum absolute atomic E-state index is 11.9. The van der Waals surface area contributed by atoms with Gasteiger partial charge in [0.2, 0.25) is 0 Å². The van der Waals surface area contributed by atoms with Gasteiger partial charge in [-0.3, -0.25) is 4.57 Å². The second kappa shape index (κ2) is 4.57. The Morgan fingerprint density at radius 3 is 2.87 bits per heavy atom. The van der Waals surface area contributed by atoms with Gasteiger partial charge in [-0.2, -0.15) is 0 Å². The van der Waals surface area contributed by atoms with Crippen molar-refractivity contribution in [2.24, 2.45) is 5.92 Å². The fourth-order valence-corrected chi connectivity index (χ4v) is 4.01. The van der Waals surface area contributed by atoms with E-state index in [9.17, 15) is 4.57 Å². The quantitative estimate of drug-likeness (QED) is 0.540. The highest BCUT2D eigenvalue weighted by atomic mass is 31.2. The average molecular weight is 232 g/mol. The topological polar surface area (TPSA) is 38.8 Å². The molecule has 1 aliphatic heterocycles. The molecule has 4 heteroatoms. The zero-order valence-electron chi connectivity index (χ0n) is 9.65. The van der Waals surface area contributed by atoms with E-state index in [1.807, 2.05) is 6.92 Å². The molecule has 1 saturated heterocycles. The first-order valence-electron chi connectivity index (χ1n) is 5.97. The van der Waals surface area contributed by atoms with Crippen molar-refractivity contribution in [1.82, 2.24) is 0 Å². The summed E-state index contributed by atoms with van der Waals surface area (Å²) in [6.07, 6.45) is 6.51. The van der Waals surface area contributed by atoms with Crippen LogP contribution in [0.3, 0.4) is 0 Å². The lowest BCUT2D eigenvalue weighted by molar-refractivity contribution is 0.326. The molecule has 0 amide bonds. The van der Waals surface area contributed by atoms with Crippen LogP contribution in [0.1, 0.15) is 32.6 Å². The largest absolute Gasteiger partial charge is 0.370 e. The molecule has 4 atom stereocenters. The molecule has 3 nitrogen and oxygen atoms in total. The maximum atomic E-state index is 11.9. The van der Waals surface area contributed by atoms with Crippen LogP contribution in [0.15, 0.2) is 0 Å². The van der Waals surface area contributed by atoms with Crippen LogP contribution in [0.25, 0.3) is 0 Å². The normalized spacial score (nSPS) is 38.1. The minimum atomic E-state index is -2.31. The van der Waals surface area contributed by atoms with Gasteiger partial charge in [-0.15, -0.1) is 0 Å². The number of rotatable bonds is 5. The molecule has 0 N–H and O–H groups in total. The van der Waals surface area contributed by atoms with Gasteiger partial charge in [0, 0.05) is 12.8 Å². The predicted octanol–water partition coefficient (Wildman–Crippen LogP) is 2.89. The maximum Gasteiger partial charge on any atom is 0.200 e. The first-order chi connectivity index (χ1) is 7.11. The number of hydrogen-bond acceptors (Lipinski definition) is 3. The Morgan fingerprint density at radius 2 is 2.20 bits per heavy atom. The Morgan fingerprint density at radius 1 is 1.40 bits per heavy atom. The lowest BCUT2D eigenvalue weighted by Gasteiger charge is -2.20. The van der Waals surface area contributed by atoms with E-state index in [-0.39, 0.29) is 0 Å². The Balaban J connectivity index is 1.70. The van der Waals surface area contributed by atoms with E-state index in [0.29, 0.717) is 24.7 Å². The molecule has 2 aliphatic rings. The molecule has 0 aromatic carbocycles. The van der Waals surface area contributed by atoms with Crippen LogP contribution in [0.2, 0.25) is 0 Å². The summed E-state index contributed by atoms with van der Waals surface area (Å²) in [7, 11) is -2.31. The summed E-state index contributed by atoms with van der Waals surface area (Å²) >= 11 is 0. The number of epoxide rings is 1. The summed E-state index contributed by atoms with van der Waals surface area (Å²) in [5.41, 5.74) is 0. The van der Waals surface area contributed by atoms with Crippen molar-refractivity contribution in [3.05, 3.63) is 0 Å². The van der Waals surface area contributed by atoms with Crippen LogP contribution >= 0.6 is 7.37 Å². The Bertz CT molecular complexity index is 267. The van der Waals surface area contributed by atoms with Crippen LogP contribution in [0, 0.1) is 5.92 Å². The van der Waals surface area contributed by atoms with Crippen LogP contribution in [0.5, 0.6) is 0 Å². The Labute approximate surface area is 92.0 Å². The van der Waals surface area contributed by atoms with E-state index in [1.54, 1.807) is 6.66 Å². The van der Waals surface area contributed by atoms with Gasteiger partial charge in [0.15, 0.2) is 7.37 Å². The molecule has 0 spiro atoms. The molecule has 0 aromatic heterocycles. The SMILES string of the molecule is CCOP(C)(=O)CCC1CCC2OC2C1. The number of ether oxygens (including phenoxy) is 1. The van der Waals surface area contributed by atoms with Crippen molar-refractivity contribution >= 4 is 7.37 Å². The average Bonchev–Trinajstić information content (AvgIpc) is 2.92. The molecule has 2 fully saturated rings. The van der Waals surface area contributed by atoms with Gasteiger partial charge >= 0.3 is 0 Å². The van der Waals surface area contributed by atoms with Crippen LogP contribution in [-0.2, 0) is 13.8 Å². The summed E-state index contributed by atoms with van der Waals surface area (Å²) in [6, 6.07) is 0. The molecule has 1 aliphatic carbocycles. The van der Waals surface area contributed by atoms with Crippen LogP contribution in [0.4, 0.5) is 0 Å². The van der Waals surface area contributed by atoms with Gasteiger partial charge in [0.05, 0.1) is 18.8 Å². The summed E-state index contributed by atoms with van der Waals surface area (Å²) in [6.45, 7) is 4.22. The highest BCUT2D eigenvalue weighted by Crippen LogP contribution is 2.46. The number of hydrogen-bond donors (Lipinski definition) is 0. The third kappa shape index (κ3) is 3.30. The third-order valence-corrected chi connectivity index (χ3v) is 5.33. The second-order valence-electron chi connectivity index (χ2n) is 4.84. The standard InChI is InChI=1S/C11H21O3P/c1-3-13-15(2,12)7-6-9-4-5-10-11(8-9)14-10/h9-11H,3-8H2,1-2H3. The molecular formula is C11H21O3P. The molecule has 1 heterocycles. The number of fused-ring (bicyclic) bond motifs is 1. The van der Waals surface area contributed by atoms with Gasteiger partial charge in [0.1, 0.15) is 0 Å². The predicted molar refractivity (Wildman–Crippen MR) is 60.6 cm³/mol. The molecule has 15 heavy (non-hydrogen) atoms. The fourth-order valence-electron chi connectivity index (χ4n) is 2.50. The lowest BCUT2D eigenvalue weighted by atomic mass is 9.88. The van der Waals surface area contributed by atoms with E-state index in [4.69, 9.17) is 9.26 Å². The minimum Gasteiger partial charge on any atom is -0.370 e. The zero-order valence-corrected chi connectivity index (χ0v) is 10.5. The zero-order chi connectivity index (χ0) is 10.9. The van der Waals surface area contributed by atoms with Crippen molar-refractivity contribution in [2.75, 3.05) is 19.4 Å². The van der Waals surface area contributed by atoms with Crippen molar-refractivity contribution in [2.45, 2.75) is 44.8 Å². The first kappa shape index (κ1) is 11.6. The highest BCUT2D eigenvalue weighted by Gasteiger charge is 2.43. The van der Waals surface area contributed by atoms with E-state index < -0.39 is 7.37 Å². The van der Waals surface area contributed by atoms with E-state index in [2.05, 4.69) is 0 Å². The summed E-state index contributed by atoms with van der Waals surface area (Å²) in [5.74, 6) is 0.711.